The molecule has 0 unspecified atom stereocenters. The Hall–Kier alpha value is -2.25. The van der Waals surface area contributed by atoms with Crippen LogP contribution in [0.15, 0.2) is 23.4 Å². The van der Waals surface area contributed by atoms with Gasteiger partial charge < -0.3 is 16.3 Å². The van der Waals surface area contributed by atoms with Crippen molar-refractivity contribution >= 4 is 17.4 Å². The summed E-state index contributed by atoms with van der Waals surface area (Å²) in [7, 11) is 0. The number of carbonyl (C=O) groups is 1. The first-order valence-corrected chi connectivity index (χ1v) is 5.18. The number of aryl methyl sites for hydroxylation is 1. The van der Waals surface area contributed by atoms with E-state index >= 15 is 0 Å². The van der Waals surface area contributed by atoms with Crippen molar-refractivity contribution in [1.29, 1.82) is 0 Å². The highest BCUT2D eigenvalue weighted by Gasteiger charge is 2.30. The number of oxime groups is 1. The van der Waals surface area contributed by atoms with E-state index in [0.29, 0.717) is 5.56 Å². The molecule has 0 fully saturated rings. The molecule has 1 amide bonds. The molecule has 1 aromatic carbocycles. The predicted molar refractivity (Wildman–Crippen MR) is 62.8 cm³/mol. The second kappa shape index (κ2) is 5.59. The van der Waals surface area contributed by atoms with Crippen molar-refractivity contribution in [1.82, 2.24) is 0 Å². The van der Waals surface area contributed by atoms with E-state index in [1.54, 1.807) is 6.92 Å². The Balaban J connectivity index is 2.92. The van der Waals surface area contributed by atoms with Gasteiger partial charge in [0.2, 0.25) is 5.91 Å². The van der Waals surface area contributed by atoms with Gasteiger partial charge in [0.05, 0.1) is 12.0 Å². The van der Waals surface area contributed by atoms with Crippen LogP contribution in [-0.4, -0.2) is 17.0 Å². The summed E-state index contributed by atoms with van der Waals surface area (Å²) in [6.07, 6.45) is -4.90. The third-order valence-corrected chi connectivity index (χ3v) is 2.31. The summed E-state index contributed by atoms with van der Waals surface area (Å²) < 4.78 is 37.6. The number of nitrogens with zero attached hydrogens (tertiary/aromatic N) is 1. The number of amides is 1. The molecule has 0 radical (unpaired) electrons. The second-order valence-electron chi connectivity index (χ2n) is 3.84. The minimum Gasteiger partial charge on any atom is -0.409 e. The fourth-order valence-electron chi connectivity index (χ4n) is 1.33. The number of halogens is 3. The SMILES string of the molecule is Cc1ccc(C(F)(F)F)cc1NC(=O)CC(N)=NO. The molecule has 0 aliphatic rings. The van der Waals surface area contributed by atoms with Crippen LogP contribution in [0.5, 0.6) is 0 Å². The van der Waals surface area contributed by atoms with Gasteiger partial charge >= 0.3 is 6.18 Å². The number of hydrogen-bond donors (Lipinski definition) is 3. The summed E-state index contributed by atoms with van der Waals surface area (Å²) in [5.41, 5.74) is 4.77. The molecule has 8 heteroatoms. The molecular weight excluding hydrogens is 263 g/mol. The molecule has 0 aromatic heterocycles. The lowest BCUT2D eigenvalue weighted by atomic mass is 10.1. The monoisotopic (exact) mass is 275 g/mol. The van der Waals surface area contributed by atoms with Crippen LogP contribution in [0.2, 0.25) is 0 Å². The first-order chi connectivity index (χ1) is 8.74. The Morgan fingerprint density at radius 1 is 1.47 bits per heavy atom. The Morgan fingerprint density at radius 3 is 2.63 bits per heavy atom. The topological polar surface area (TPSA) is 87.7 Å². The van der Waals surface area contributed by atoms with Crippen molar-refractivity contribution < 1.29 is 23.2 Å². The van der Waals surface area contributed by atoms with Crippen LogP contribution in [0.25, 0.3) is 0 Å². The van der Waals surface area contributed by atoms with Gasteiger partial charge in [-0.15, -0.1) is 0 Å². The van der Waals surface area contributed by atoms with E-state index in [-0.39, 0.29) is 11.5 Å². The Bertz CT molecular complexity index is 512. The summed E-state index contributed by atoms with van der Waals surface area (Å²) in [5.74, 6) is -1.00. The van der Waals surface area contributed by atoms with E-state index in [1.807, 2.05) is 0 Å². The summed E-state index contributed by atoms with van der Waals surface area (Å²) in [4.78, 5) is 11.4. The van der Waals surface area contributed by atoms with Gasteiger partial charge in [0, 0.05) is 5.69 Å². The van der Waals surface area contributed by atoms with Crippen molar-refractivity contribution in [3.63, 3.8) is 0 Å². The van der Waals surface area contributed by atoms with E-state index in [1.165, 1.54) is 6.07 Å². The van der Waals surface area contributed by atoms with E-state index in [2.05, 4.69) is 10.5 Å². The minimum absolute atomic E-state index is 0.0329. The number of rotatable bonds is 3. The summed E-state index contributed by atoms with van der Waals surface area (Å²) in [6.45, 7) is 1.55. The van der Waals surface area contributed by atoms with Gasteiger partial charge in [0.1, 0.15) is 5.84 Å². The van der Waals surface area contributed by atoms with Crippen molar-refractivity contribution in [2.75, 3.05) is 5.32 Å². The van der Waals surface area contributed by atoms with Gasteiger partial charge in [-0.05, 0) is 24.6 Å². The lowest BCUT2D eigenvalue weighted by Gasteiger charge is -2.12. The second-order valence-corrected chi connectivity index (χ2v) is 3.84. The molecule has 0 atom stereocenters. The van der Waals surface area contributed by atoms with Crippen molar-refractivity contribution in [2.24, 2.45) is 10.9 Å². The Morgan fingerprint density at radius 2 is 2.11 bits per heavy atom. The first kappa shape index (κ1) is 14.8. The van der Waals surface area contributed by atoms with E-state index in [9.17, 15) is 18.0 Å². The summed E-state index contributed by atoms with van der Waals surface area (Å²) >= 11 is 0. The molecule has 4 N–H and O–H groups in total. The Labute approximate surface area is 106 Å². The normalized spacial score (nSPS) is 12.3. The van der Waals surface area contributed by atoms with Gasteiger partial charge in [-0.3, -0.25) is 4.79 Å². The van der Waals surface area contributed by atoms with Crippen LogP contribution >= 0.6 is 0 Å². The molecule has 0 bridgehead atoms. The molecule has 0 saturated heterocycles. The van der Waals surface area contributed by atoms with Crippen LogP contribution in [0.3, 0.4) is 0 Å². The van der Waals surface area contributed by atoms with Crippen molar-refractivity contribution in [3.05, 3.63) is 29.3 Å². The molecule has 0 spiro atoms. The van der Waals surface area contributed by atoms with Crippen LogP contribution in [0.1, 0.15) is 17.5 Å². The zero-order valence-corrected chi connectivity index (χ0v) is 9.95. The fraction of sp³-hybridized carbons (Fsp3) is 0.273. The number of anilines is 1. The van der Waals surface area contributed by atoms with Gasteiger partial charge in [-0.25, -0.2) is 0 Å². The average molecular weight is 275 g/mol. The quantitative estimate of drug-likeness (QED) is 0.341. The lowest BCUT2D eigenvalue weighted by molar-refractivity contribution is -0.137. The first-order valence-electron chi connectivity index (χ1n) is 5.18. The standard InChI is InChI=1S/C11H12F3N3O2/c1-6-2-3-7(11(12,13)14)4-8(6)16-10(18)5-9(15)17-19/h2-4,19H,5H2,1H3,(H2,15,17)(H,16,18). The summed E-state index contributed by atoms with van der Waals surface area (Å²) in [5, 5.41) is 13.2. The Kier molecular flexibility index (Phi) is 4.36. The highest BCUT2D eigenvalue weighted by Crippen LogP contribution is 2.32. The average Bonchev–Trinajstić information content (AvgIpc) is 2.30. The highest BCUT2D eigenvalue weighted by atomic mass is 19.4. The number of benzene rings is 1. The third-order valence-electron chi connectivity index (χ3n) is 2.31. The van der Waals surface area contributed by atoms with Gasteiger partial charge in [-0.2, -0.15) is 13.2 Å². The zero-order valence-electron chi connectivity index (χ0n) is 9.95. The number of carbonyl (C=O) groups excluding carboxylic acids is 1. The molecular formula is C11H12F3N3O2. The van der Waals surface area contributed by atoms with Crippen molar-refractivity contribution in [2.45, 2.75) is 19.5 Å². The van der Waals surface area contributed by atoms with Crippen LogP contribution < -0.4 is 11.1 Å². The van der Waals surface area contributed by atoms with Crippen LogP contribution in [0, 0.1) is 6.92 Å². The number of nitrogens with two attached hydrogens (primary N) is 1. The maximum absolute atomic E-state index is 12.5. The molecule has 5 nitrogen and oxygen atoms in total. The zero-order chi connectivity index (χ0) is 14.6. The third kappa shape index (κ3) is 4.16. The van der Waals surface area contributed by atoms with Gasteiger partial charge in [0.15, 0.2) is 0 Å². The molecule has 0 aliphatic carbocycles. The maximum atomic E-state index is 12.5. The maximum Gasteiger partial charge on any atom is 0.416 e. The van der Waals surface area contributed by atoms with Crippen molar-refractivity contribution in [3.8, 4) is 0 Å². The predicted octanol–water partition coefficient (Wildman–Crippen LogP) is 2.09. The molecule has 104 valence electrons. The van der Waals surface area contributed by atoms with Gasteiger partial charge in [0.25, 0.3) is 0 Å². The number of hydrogen-bond acceptors (Lipinski definition) is 3. The van der Waals surface area contributed by atoms with Crippen LogP contribution in [0.4, 0.5) is 18.9 Å². The number of amidine groups is 1. The van der Waals surface area contributed by atoms with E-state index < -0.39 is 24.1 Å². The molecule has 1 aromatic rings. The molecule has 0 heterocycles. The van der Waals surface area contributed by atoms with E-state index in [4.69, 9.17) is 10.9 Å². The fourth-order valence-corrected chi connectivity index (χ4v) is 1.33. The molecule has 0 aliphatic heterocycles. The molecule has 1 rings (SSSR count). The van der Waals surface area contributed by atoms with Gasteiger partial charge in [-0.1, -0.05) is 11.2 Å². The largest absolute Gasteiger partial charge is 0.416 e. The van der Waals surface area contributed by atoms with Crippen LogP contribution in [-0.2, 0) is 11.0 Å². The summed E-state index contributed by atoms with van der Waals surface area (Å²) in [6, 6.07) is 3.01. The smallest absolute Gasteiger partial charge is 0.409 e. The van der Waals surface area contributed by atoms with E-state index in [0.717, 1.165) is 12.1 Å². The molecule has 0 saturated carbocycles. The number of nitrogens with one attached hydrogen (secondary N) is 1. The highest BCUT2D eigenvalue weighted by molar-refractivity contribution is 6.05. The molecule has 19 heavy (non-hydrogen) atoms. The number of alkyl halides is 3. The lowest BCUT2D eigenvalue weighted by Crippen LogP contribution is -2.22. The minimum atomic E-state index is -4.49.